The van der Waals surface area contributed by atoms with E-state index in [1.165, 1.54) is 0 Å². The molecule has 5 heteroatoms. The standard InChI is InChI=1S/C12H20ClNO3/c1-11(3-2-6-17-11)10(15)14-12(9-13)4-7-16-8-5-12/h2-9H2,1H3,(H,14,15). The third-order valence-corrected chi connectivity index (χ3v) is 4.30. The Kier molecular flexibility index (Phi) is 3.95. The number of ether oxygens (including phenoxy) is 2. The molecule has 17 heavy (non-hydrogen) atoms. The van der Waals surface area contributed by atoms with Crippen LogP contribution in [0.25, 0.3) is 0 Å². The minimum absolute atomic E-state index is 0.0300. The molecule has 2 aliphatic heterocycles. The quantitative estimate of drug-likeness (QED) is 0.783. The lowest BCUT2D eigenvalue weighted by Gasteiger charge is -2.38. The Morgan fingerprint density at radius 1 is 1.29 bits per heavy atom. The fraction of sp³-hybridized carbons (Fsp3) is 0.917. The van der Waals surface area contributed by atoms with Crippen molar-refractivity contribution in [3.63, 3.8) is 0 Å². The molecule has 2 rings (SSSR count). The number of alkyl halides is 1. The lowest BCUT2D eigenvalue weighted by molar-refractivity contribution is -0.142. The van der Waals surface area contributed by atoms with Crippen LogP contribution in [0, 0.1) is 0 Å². The Labute approximate surface area is 107 Å². The van der Waals surface area contributed by atoms with Crippen LogP contribution in [-0.4, -0.2) is 42.7 Å². The normalized spacial score (nSPS) is 32.4. The molecule has 4 nitrogen and oxygen atoms in total. The van der Waals surface area contributed by atoms with E-state index in [-0.39, 0.29) is 11.4 Å². The lowest BCUT2D eigenvalue weighted by Crippen LogP contribution is -2.58. The van der Waals surface area contributed by atoms with Crippen LogP contribution in [0.15, 0.2) is 0 Å². The molecule has 0 aromatic carbocycles. The van der Waals surface area contributed by atoms with Gasteiger partial charge in [0.2, 0.25) is 0 Å². The molecule has 1 amide bonds. The molecule has 0 bridgehead atoms. The molecule has 0 saturated carbocycles. The summed E-state index contributed by atoms with van der Waals surface area (Å²) in [5, 5.41) is 3.09. The second kappa shape index (κ2) is 5.12. The van der Waals surface area contributed by atoms with Crippen molar-refractivity contribution in [3.8, 4) is 0 Å². The van der Waals surface area contributed by atoms with Crippen LogP contribution in [0.3, 0.4) is 0 Å². The average molecular weight is 262 g/mol. The number of nitrogens with one attached hydrogen (secondary N) is 1. The Hall–Kier alpha value is -0.320. The number of carbonyl (C=O) groups excluding carboxylic acids is 1. The van der Waals surface area contributed by atoms with Crippen LogP contribution >= 0.6 is 11.6 Å². The molecule has 0 aromatic heterocycles. The summed E-state index contributed by atoms with van der Waals surface area (Å²) >= 11 is 6.02. The van der Waals surface area contributed by atoms with Crippen molar-refractivity contribution < 1.29 is 14.3 Å². The molecule has 1 unspecified atom stereocenters. The van der Waals surface area contributed by atoms with E-state index in [0.29, 0.717) is 25.7 Å². The number of halogens is 1. The molecule has 2 heterocycles. The first-order chi connectivity index (χ1) is 8.10. The van der Waals surface area contributed by atoms with Gasteiger partial charge in [-0.25, -0.2) is 0 Å². The highest BCUT2D eigenvalue weighted by Crippen LogP contribution is 2.28. The maximum atomic E-state index is 12.3. The average Bonchev–Trinajstić information content (AvgIpc) is 2.79. The maximum absolute atomic E-state index is 12.3. The molecule has 0 spiro atoms. The fourth-order valence-electron chi connectivity index (χ4n) is 2.39. The van der Waals surface area contributed by atoms with Gasteiger partial charge in [-0.15, -0.1) is 11.6 Å². The van der Waals surface area contributed by atoms with Gasteiger partial charge in [-0.1, -0.05) is 0 Å². The summed E-state index contributed by atoms with van der Waals surface area (Å²) in [6.45, 7) is 3.84. The first-order valence-electron chi connectivity index (χ1n) is 6.21. The van der Waals surface area contributed by atoms with Crippen LogP contribution in [0.5, 0.6) is 0 Å². The maximum Gasteiger partial charge on any atom is 0.252 e. The van der Waals surface area contributed by atoms with E-state index < -0.39 is 5.60 Å². The van der Waals surface area contributed by atoms with Gasteiger partial charge in [-0.3, -0.25) is 4.79 Å². The van der Waals surface area contributed by atoms with Crippen LogP contribution in [0.2, 0.25) is 0 Å². The summed E-state index contributed by atoms with van der Waals surface area (Å²) in [5.74, 6) is 0.399. The van der Waals surface area contributed by atoms with Crippen LogP contribution < -0.4 is 5.32 Å². The summed E-state index contributed by atoms with van der Waals surface area (Å²) in [6.07, 6.45) is 3.28. The Morgan fingerprint density at radius 3 is 2.53 bits per heavy atom. The van der Waals surface area contributed by atoms with Crippen molar-refractivity contribution in [1.82, 2.24) is 5.32 Å². The number of hydrogen-bond donors (Lipinski definition) is 1. The number of carbonyl (C=O) groups is 1. The van der Waals surface area contributed by atoms with Crippen LogP contribution in [-0.2, 0) is 14.3 Å². The van der Waals surface area contributed by atoms with Gasteiger partial charge in [0.25, 0.3) is 5.91 Å². The summed E-state index contributed by atoms with van der Waals surface area (Å²) in [6, 6.07) is 0. The fourth-order valence-corrected chi connectivity index (χ4v) is 2.72. The van der Waals surface area contributed by atoms with Gasteiger partial charge < -0.3 is 14.8 Å². The predicted octanol–water partition coefficient (Wildman–Crippen LogP) is 1.46. The highest BCUT2D eigenvalue weighted by Gasteiger charge is 2.42. The Balaban J connectivity index is 2.00. The van der Waals surface area contributed by atoms with Gasteiger partial charge in [-0.2, -0.15) is 0 Å². The molecule has 98 valence electrons. The molecular formula is C12H20ClNO3. The third-order valence-electron chi connectivity index (χ3n) is 3.78. The van der Waals surface area contributed by atoms with Gasteiger partial charge in [0.1, 0.15) is 5.60 Å². The van der Waals surface area contributed by atoms with E-state index >= 15 is 0 Å². The second-order valence-electron chi connectivity index (χ2n) is 5.16. The molecule has 0 aromatic rings. The van der Waals surface area contributed by atoms with E-state index in [1.54, 1.807) is 0 Å². The first-order valence-corrected chi connectivity index (χ1v) is 6.74. The van der Waals surface area contributed by atoms with E-state index in [2.05, 4.69) is 5.32 Å². The van der Waals surface area contributed by atoms with E-state index in [4.69, 9.17) is 21.1 Å². The van der Waals surface area contributed by atoms with Crippen molar-refractivity contribution in [2.24, 2.45) is 0 Å². The third kappa shape index (κ3) is 2.75. The van der Waals surface area contributed by atoms with Gasteiger partial charge >= 0.3 is 0 Å². The zero-order valence-corrected chi connectivity index (χ0v) is 11.0. The molecule has 2 aliphatic rings. The molecule has 1 N–H and O–H groups in total. The van der Waals surface area contributed by atoms with E-state index in [9.17, 15) is 4.79 Å². The zero-order valence-electron chi connectivity index (χ0n) is 10.3. The van der Waals surface area contributed by atoms with Gasteiger partial charge in [-0.05, 0) is 32.6 Å². The van der Waals surface area contributed by atoms with Gasteiger partial charge in [0.05, 0.1) is 5.54 Å². The van der Waals surface area contributed by atoms with Crippen molar-refractivity contribution >= 4 is 17.5 Å². The molecule has 1 atom stereocenters. The van der Waals surface area contributed by atoms with Crippen molar-refractivity contribution in [2.75, 3.05) is 25.7 Å². The largest absolute Gasteiger partial charge is 0.381 e. The number of amides is 1. The minimum atomic E-state index is -0.669. The number of hydrogen-bond acceptors (Lipinski definition) is 3. The Morgan fingerprint density at radius 2 is 2.00 bits per heavy atom. The smallest absolute Gasteiger partial charge is 0.252 e. The van der Waals surface area contributed by atoms with E-state index in [0.717, 1.165) is 25.7 Å². The molecular weight excluding hydrogens is 242 g/mol. The predicted molar refractivity (Wildman–Crippen MR) is 65.2 cm³/mol. The number of rotatable bonds is 3. The SMILES string of the molecule is CC1(C(=O)NC2(CCl)CCOCC2)CCCO1. The topological polar surface area (TPSA) is 47.6 Å². The molecule has 2 saturated heterocycles. The second-order valence-corrected chi connectivity index (χ2v) is 5.43. The minimum Gasteiger partial charge on any atom is -0.381 e. The first kappa shape index (κ1) is 13.1. The van der Waals surface area contributed by atoms with Crippen LogP contribution in [0.4, 0.5) is 0 Å². The lowest BCUT2D eigenvalue weighted by atomic mass is 9.90. The highest BCUT2D eigenvalue weighted by atomic mass is 35.5. The highest BCUT2D eigenvalue weighted by molar-refractivity contribution is 6.18. The zero-order chi connectivity index (χ0) is 12.4. The monoisotopic (exact) mass is 261 g/mol. The molecule has 0 radical (unpaired) electrons. The summed E-state index contributed by atoms with van der Waals surface area (Å²) in [5.41, 5.74) is -0.983. The molecule has 2 fully saturated rings. The Bertz CT molecular complexity index is 283. The van der Waals surface area contributed by atoms with Gasteiger partial charge in [0, 0.05) is 25.7 Å². The van der Waals surface area contributed by atoms with Crippen molar-refractivity contribution in [3.05, 3.63) is 0 Å². The molecule has 0 aliphatic carbocycles. The summed E-state index contributed by atoms with van der Waals surface area (Å²) in [4.78, 5) is 12.3. The van der Waals surface area contributed by atoms with Crippen molar-refractivity contribution in [2.45, 2.75) is 43.7 Å². The summed E-state index contributed by atoms with van der Waals surface area (Å²) < 4.78 is 10.9. The van der Waals surface area contributed by atoms with E-state index in [1.807, 2.05) is 6.92 Å². The van der Waals surface area contributed by atoms with Gasteiger partial charge in [0.15, 0.2) is 0 Å². The van der Waals surface area contributed by atoms with Crippen molar-refractivity contribution in [1.29, 1.82) is 0 Å². The summed E-state index contributed by atoms with van der Waals surface area (Å²) in [7, 11) is 0. The van der Waals surface area contributed by atoms with Crippen LogP contribution in [0.1, 0.15) is 32.6 Å².